The molecule has 0 saturated carbocycles. The van der Waals surface area contributed by atoms with Crippen molar-refractivity contribution >= 4 is 21.6 Å². The van der Waals surface area contributed by atoms with Crippen molar-refractivity contribution in [2.24, 2.45) is 0 Å². The summed E-state index contributed by atoms with van der Waals surface area (Å²) in [5.74, 6) is 2.80. The summed E-state index contributed by atoms with van der Waals surface area (Å²) in [7, 11) is 0. The molecule has 0 spiro atoms. The highest BCUT2D eigenvalue weighted by atomic mass is 79.9. The molecule has 14 heavy (non-hydrogen) atoms. The summed E-state index contributed by atoms with van der Waals surface area (Å²) in [6.07, 6.45) is 5.01. The van der Waals surface area contributed by atoms with E-state index in [9.17, 15) is 10.1 Å². The van der Waals surface area contributed by atoms with Crippen LogP contribution in [-0.4, -0.2) is 11.5 Å². The Morgan fingerprint density at radius 1 is 1.64 bits per heavy atom. The van der Waals surface area contributed by atoms with Crippen LogP contribution in [0.2, 0.25) is 0 Å². The van der Waals surface area contributed by atoms with E-state index in [-0.39, 0.29) is 12.3 Å². The Bertz CT molecular complexity index is 398. The van der Waals surface area contributed by atoms with Gasteiger partial charge in [-0.15, -0.1) is 6.42 Å². The fraction of sp³-hybridized carbons (Fsp3) is 0.111. The van der Waals surface area contributed by atoms with Crippen molar-refractivity contribution in [1.29, 1.82) is 0 Å². The van der Waals surface area contributed by atoms with Gasteiger partial charge in [0.2, 0.25) is 0 Å². The standard InChI is InChI=1S/C9H6BrNO3/c1-2-5-14-9-4-3-7(11(12)13)6-8(9)10/h1,3-4,6H,5H2. The minimum absolute atomic E-state index is 0.00457. The predicted molar refractivity (Wildman–Crippen MR) is 55.1 cm³/mol. The fourth-order valence-electron chi connectivity index (χ4n) is 0.840. The first kappa shape index (κ1) is 10.5. The molecular formula is C9H6BrNO3. The molecular weight excluding hydrogens is 250 g/mol. The van der Waals surface area contributed by atoms with Crippen LogP contribution in [0.3, 0.4) is 0 Å². The highest BCUT2D eigenvalue weighted by molar-refractivity contribution is 9.10. The Balaban J connectivity index is 2.91. The third-order valence-electron chi connectivity index (χ3n) is 1.44. The van der Waals surface area contributed by atoms with Crippen LogP contribution in [-0.2, 0) is 0 Å². The van der Waals surface area contributed by atoms with Gasteiger partial charge in [-0.3, -0.25) is 10.1 Å². The Kier molecular flexibility index (Phi) is 3.48. The lowest BCUT2D eigenvalue weighted by atomic mass is 10.3. The number of halogens is 1. The van der Waals surface area contributed by atoms with E-state index < -0.39 is 4.92 Å². The number of non-ortho nitro benzene ring substituents is 1. The second-order valence-electron chi connectivity index (χ2n) is 2.36. The van der Waals surface area contributed by atoms with Crippen LogP contribution in [0.4, 0.5) is 5.69 Å². The maximum Gasteiger partial charge on any atom is 0.270 e. The van der Waals surface area contributed by atoms with Crippen molar-refractivity contribution in [2.45, 2.75) is 0 Å². The quantitative estimate of drug-likeness (QED) is 0.474. The summed E-state index contributed by atoms with van der Waals surface area (Å²) < 4.78 is 5.63. The van der Waals surface area contributed by atoms with Crippen LogP contribution in [0.15, 0.2) is 22.7 Å². The van der Waals surface area contributed by atoms with Crippen molar-refractivity contribution in [3.05, 3.63) is 32.8 Å². The molecule has 4 nitrogen and oxygen atoms in total. The Labute approximate surface area is 89.2 Å². The van der Waals surface area contributed by atoms with Crippen LogP contribution in [0, 0.1) is 22.5 Å². The Hall–Kier alpha value is -1.54. The van der Waals surface area contributed by atoms with Gasteiger partial charge in [0.15, 0.2) is 0 Å². The summed E-state index contributed by atoms with van der Waals surface area (Å²) in [5.41, 5.74) is 0.00457. The third-order valence-corrected chi connectivity index (χ3v) is 2.06. The molecule has 0 aromatic heterocycles. The van der Waals surface area contributed by atoms with Crippen molar-refractivity contribution in [3.8, 4) is 18.1 Å². The molecule has 1 rings (SSSR count). The molecule has 0 heterocycles. The van der Waals surface area contributed by atoms with E-state index in [0.29, 0.717) is 10.2 Å². The molecule has 0 unspecified atom stereocenters. The summed E-state index contributed by atoms with van der Waals surface area (Å²) >= 11 is 3.15. The first-order chi connectivity index (χ1) is 6.65. The van der Waals surface area contributed by atoms with Gasteiger partial charge in [0, 0.05) is 12.1 Å². The van der Waals surface area contributed by atoms with E-state index in [2.05, 4.69) is 21.9 Å². The van der Waals surface area contributed by atoms with Gasteiger partial charge in [0.1, 0.15) is 12.4 Å². The molecule has 0 aliphatic heterocycles. The fourth-order valence-corrected chi connectivity index (χ4v) is 1.32. The summed E-state index contributed by atoms with van der Waals surface area (Å²) in [5, 5.41) is 10.4. The maximum atomic E-state index is 10.4. The molecule has 1 aromatic carbocycles. The van der Waals surface area contributed by atoms with Gasteiger partial charge in [-0.05, 0) is 22.0 Å². The molecule has 72 valence electrons. The van der Waals surface area contributed by atoms with Crippen molar-refractivity contribution in [2.75, 3.05) is 6.61 Å². The predicted octanol–water partition coefficient (Wildman–Crippen LogP) is 2.37. The number of nitrogens with zero attached hydrogens (tertiary/aromatic N) is 1. The molecule has 0 bridgehead atoms. The van der Waals surface area contributed by atoms with Gasteiger partial charge in [0.05, 0.1) is 9.40 Å². The molecule has 0 aliphatic rings. The number of ether oxygens (including phenoxy) is 1. The number of benzene rings is 1. The minimum atomic E-state index is -0.476. The van der Waals surface area contributed by atoms with E-state index in [1.54, 1.807) is 0 Å². The lowest BCUT2D eigenvalue weighted by Gasteiger charge is -2.03. The molecule has 0 fully saturated rings. The van der Waals surface area contributed by atoms with E-state index >= 15 is 0 Å². The average molecular weight is 256 g/mol. The van der Waals surface area contributed by atoms with Gasteiger partial charge in [-0.2, -0.15) is 0 Å². The van der Waals surface area contributed by atoms with E-state index in [0.717, 1.165) is 0 Å². The highest BCUT2D eigenvalue weighted by Crippen LogP contribution is 2.28. The third kappa shape index (κ3) is 2.47. The normalized spacial score (nSPS) is 9.14. The number of nitro groups is 1. The summed E-state index contributed by atoms with van der Waals surface area (Å²) in [4.78, 5) is 9.91. The lowest BCUT2D eigenvalue weighted by molar-refractivity contribution is -0.384. The first-order valence-corrected chi connectivity index (χ1v) is 4.44. The van der Waals surface area contributed by atoms with E-state index in [1.165, 1.54) is 18.2 Å². The van der Waals surface area contributed by atoms with E-state index in [4.69, 9.17) is 11.2 Å². The number of nitro benzene ring substituents is 1. The zero-order valence-electron chi connectivity index (χ0n) is 7.07. The molecule has 0 radical (unpaired) electrons. The number of rotatable bonds is 3. The van der Waals surface area contributed by atoms with Gasteiger partial charge in [0.25, 0.3) is 5.69 Å². The molecule has 0 amide bonds. The van der Waals surface area contributed by atoms with Crippen LogP contribution >= 0.6 is 15.9 Å². The van der Waals surface area contributed by atoms with Crippen LogP contribution in [0.5, 0.6) is 5.75 Å². The van der Waals surface area contributed by atoms with Crippen molar-refractivity contribution in [1.82, 2.24) is 0 Å². The van der Waals surface area contributed by atoms with Crippen molar-refractivity contribution < 1.29 is 9.66 Å². The molecule has 0 aliphatic carbocycles. The topological polar surface area (TPSA) is 52.4 Å². The summed E-state index contributed by atoms with van der Waals surface area (Å²) in [6, 6.07) is 4.22. The second kappa shape index (κ2) is 4.63. The van der Waals surface area contributed by atoms with Gasteiger partial charge >= 0.3 is 0 Å². The van der Waals surface area contributed by atoms with Crippen molar-refractivity contribution in [3.63, 3.8) is 0 Å². The largest absolute Gasteiger partial charge is 0.480 e. The number of hydrogen-bond donors (Lipinski definition) is 0. The highest BCUT2D eigenvalue weighted by Gasteiger charge is 2.09. The number of terminal acetylenes is 1. The van der Waals surface area contributed by atoms with Gasteiger partial charge < -0.3 is 4.74 Å². The Morgan fingerprint density at radius 3 is 2.86 bits per heavy atom. The zero-order chi connectivity index (χ0) is 10.6. The summed E-state index contributed by atoms with van der Waals surface area (Å²) in [6.45, 7) is 0.135. The zero-order valence-corrected chi connectivity index (χ0v) is 8.65. The minimum Gasteiger partial charge on any atom is -0.480 e. The molecule has 1 aromatic rings. The first-order valence-electron chi connectivity index (χ1n) is 3.65. The Morgan fingerprint density at radius 2 is 2.36 bits per heavy atom. The van der Waals surface area contributed by atoms with Crippen LogP contribution in [0.25, 0.3) is 0 Å². The monoisotopic (exact) mass is 255 g/mol. The lowest BCUT2D eigenvalue weighted by Crippen LogP contribution is -1.95. The average Bonchev–Trinajstić information content (AvgIpc) is 2.15. The molecule has 0 saturated heterocycles. The molecule has 0 N–H and O–H groups in total. The van der Waals surface area contributed by atoms with Gasteiger partial charge in [-0.25, -0.2) is 0 Å². The molecule has 0 atom stereocenters. The maximum absolute atomic E-state index is 10.4. The smallest absolute Gasteiger partial charge is 0.270 e. The van der Waals surface area contributed by atoms with Crippen LogP contribution < -0.4 is 4.74 Å². The number of hydrogen-bond acceptors (Lipinski definition) is 3. The SMILES string of the molecule is C#CCOc1ccc([N+](=O)[O-])cc1Br. The van der Waals surface area contributed by atoms with Crippen LogP contribution in [0.1, 0.15) is 0 Å². The second-order valence-corrected chi connectivity index (χ2v) is 3.22. The van der Waals surface area contributed by atoms with E-state index in [1.807, 2.05) is 0 Å². The molecule has 5 heteroatoms. The van der Waals surface area contributed by atoms with Gasteiger partial charge in [-0.1, -0.05) is 5.92 Å².